The molecule has 5 fully saturated rings. The van der Waals surface area contributed by atoms with Crippen LogP contribution in [0.1, 0.15) is 116 Å². The van der Waals surface area contributed by atoms with E-state index in [1.54, 1.807) is 46.4 Å². The molecule has 67 heavy (non-hydrogen) atoms. The molecule has 0 aromatic rings. The third kappa shape index (κ3) is 8.63. The molecule has 0 aliphatic carbocycles. The summed E-state index contributed by atoms with van der Waals surface area (Å²) in [4.78, 5) is 37.9. The maximum Gasteiger partial charge on any atom is 0.315 e. The van der Waals surface area contributed by atoms with Gasteiger partial charge in [0.1, 0.15) is 56.5 Å². The maximum atomic E-state index is 13.0. The Balaban J connectivity index is 1.38. The van der Waals surface area contributed by atoms with Gasteiger partial charge >= 0.3 is 12.0 Å². The topological polar surface area (TPSA) is 316 Å². The van der Waals surface area contributed by atoms with E-state index >= 15 is 0 Å². The zero-order valence-electron chi connectivity index (χ0n) is 41.8. The summed E-state index contributed by atoms with van der Waals surface area (Å²) in [5, 5.41) is 112. The van der Waals surface area contributed by atoms with Crippen LogP contribution in [-0.2, 0) is 33.3 Å². The van der Waals surface area contributed by atoms with Crippen molar-refractivity contribution in [3.63, 3.8) is 0 Å². The van der Waals surface area contributed by atoms with Crippen LogP contribution in [0.25, 0.3) is 0 Å². The van der Waals surface area contributed by atoms with Crippen molar-refractivity contribution in [1.29, 1.82) is 0 Å². The molecule has 0 saturated carbocycles. The summed E-state index contributed by atoms with van der Waals surface area (Å²) in [5.41, 5.74) is -21.6. The van der Waals surface area contributed by atoms with Crippen molar-refractivity contribution in [2.45, 2.75) is 208 Å². The molecule has 388 valence electrons. The summed E-state index contributed by atoms with van der Waals surface area (Å²) in [7, 11) is 0. The normalized spacial score (nSPS) is 50.0. The minimum Gasteiger partial charge on any atom is -0.481 e. The highest BCUT2D eigenvalue weighted by Crippen LogP contribution is 2.57. The molecule has 21 heteroatoms. The fraction of sp³-hybridized carbons (Fsp3) is 0.935. The summed E-state index contributed by atoms with van der Waals surface area (Å²) in [6, 6.07) is -1.42. The SMILES string of the molecule is CC(=O)N[C@H]1C(C)(COC[C@]2(C)OC(C)(CO)[C@](C)(O)C(C)(O)C2(C)O)[C@H](O)C(C)(CO)O[C@]1(C)COC[C@]1(C)C(C)(C)OC(C)([C@@H](CCCC2SC[C@@H]3NC(=O)N[C@H]23)C(=O)O)[C@H](O)C1(C)O. The number of rotatable bonds is 17. The molecule has 0 radical (unpaired) electrons. The lowest BCUT2D eigenvalue weighted by Crippen LogP contribution is -2.85. The third-order valence-electron chi connectivity index (χ3n) is 17.8. The van der Waals surface area contributed by atoms with Gasteiger partial charge in [0.15, 0.2) is 0 Å². The summed E-state index contributed by atoms with van der Waals surface area (Å²) < 4.78 is 32.2. The standard InChI is InChI=1S/C46H81N3O17S/c1-25(52)47-31-36(4,21-62-24-41(9)45(13,60)46(14,61)44(12,59)40(8,20-51)66-41)32(55)37(5,19-50)65-38(31,6)22-63-23-39(7)35(2,3)64-42(10,33(56)43(39,11)58)26(30(53)54)16-15-17-28-29-27(18-67-28)48-34(57)49-29/h26-29,31-33,50-51,55-56,58-61H,15-24H2,1-14H3,(H,47,52)(H,53,54)(H2,48,49,57)/t26-,27-,28?,29-,31-,32-,33-,36?,37?,38+,39+,40?,41-,42?,43?,44-,45?,46?/m0/s1. The van der Waals surface area contributed by atoms with Crippen molar-refractivity contribution in [2.24, 2.45) is 16.7 Å². The zero-order chi connectivity index (χ0) is 51.2. The molecule has 5 heterocycles. The highest BCUT2D eigenvalue weighted by Gasteiger charge is 2.74. The Morgan fingerprint density at radius 2 is 1.34 bits per heavy atom. The van der Waals surface area contributed by atoms with Crippen molar-refractivity contribution >= 4 is 29.7 Å². The van der Waals surface area contributed by atoms with Crippen LogP contribution < -0.4 is 16.0 Å². The quantitative estimate of drug-likeness (QED) is 0.0850. The number of amides is 3. The molecule has 0 aromatic heterocycles. The van der Waals surface area contributed by atoms with Gasteiger partial charge in [-0.05, 0) is 89.0 Å². The molecule has 20 nitrogen and oxygen atoms in total. The summed E-state index contributed by atoms with van der Waals surface area (Å²) >= 11 is 1.71. The molecule has 3 amide bonds. The van der Waals surface area contributed by atoms with Crippen LogP contribution in [0.5, 0.6) is 0 Å². The lowest BCUT2D eigenvalue weighted by atomic mass is 9.56. The number of fused-ring (bicyclic) bond motifs is 1. The van der Waals surface area contributed by atoms with Crippen LogP contribution in [0.15, 0.2) is 0 Å². The van der Waals surface area contributed by atoms with Crippen molar-refractivity contribution < 1.29 is 84.0 Å². The van der Waals surface area contributed by atoms with Gasteiger partial charge < -0.3 is 85.6 Å². The van der Waals surface area contributed by atoms with Gasteiger partial charge in [-0.2, -0.15) is 11.8 Å². The predicted octanol–water partition coefficient (Wildman–Crippen LogP) is -0.0535. The molecular weight excluding hydrogens is 899 g/mol. The highest BCUT2D eigenvalue weighted by atomic mass is 32.2. The molecule has 5 rings (SSSR count). The van der Waals surface area contributed by atoms with Gasteiger partial charge in [-0.1, -0.05) is 20.3 Å². The molecule has 5 aliphatic heterocycles. The number of urea groups is 1. The van der Waals surface area contributed by atoms with Gasteiger partial charge in [0.05, 0.1) is 80.8 Å². The maximum absolute atomic E-state index is 13.0. The molecule has 0 aromatic carbocycles. The zero-order valence-corrected chi connectivity index (χ0v) is 42.6. The first-order valence-electron chi connectivity index (χ1n) is 23.2. The Labute approximate surface area is 398 Å². The van der Waals surface area contributed by atoms with Crippen LogP contribution in [0.2, 0.25) is 0 Å². The van der Waals surface area contributed by atoms with Crippen LogP contribution >= 0.6 is 11.8 Å². The number of aliphatic hydroxyl groups excluding tert-OH is 4. The van der Waals surface area contributed by atoms with E-state index in [4.69, 9.17) is 23.7 Å². The lowest BCUT2D eigenvalue weighted by Gasteiger charge is -2.65. The largest absolute Gasteiger partial charge is 0.481 e. The molecule has 8 unspecified atom stereocenters. The number of carboxylic acid groups (broad SMARTS) is 1. The number of aliphatic carboxylic acids is 1. The molecule has 5 saturated heterocycles. The highest BCUT2D eigenvalue weighted by molar-refractivity contribution is 8.00. The second-order valence-corrected chi connectivity index (χ2v) is 24.2. The Morgan fingerprint density at radius 1 is 0.761 bits per heavy atom. The number of carboxylic acids is 1. The van der Waals surface area contributed by atoms with E-state index in [1.165, 1.54) is 62.3 Å². The first kappa shape index (κ1) is 56.0. The number of thioether (sulfide) groups is 1. The smallest absolute Gasteiger partial charge is 0.315 e. The first-order valence-corrected chi connectivity index (χ1v) is 24.3. The summed E-state index contributed by atoms with van der Waals surface area (Å²) in [5.74, 6) is -2.22. The third-order valence-corrected chi connectivity index (χ3v) is 19.3. The van der Waals surface area contributed by atoms with Crippen LogP contribution in [0.3, 0.4) is 0 Å². The van der Waals surface area contributed by atoms with E-state index in [0.717, 1.165) is 5.75 Å². The molecule has 5 aliphatic rings. The van der Waals surface area contributed by atoms with Gasteiger partial charge in [-0.15, -0.1) is 0 Å². The fourth-order valence-electron chi connectivity index (χ4n) is 12.2. The summed E-state index contributed by atoms with van der Waals surface area (Å²) in [6.07, 6.45) is -2.10. The Kier molecular flexibility index (Phi) is 15.0. The fourth-order valence-corrected chi connectivity index (χ4v) is 13.7. The number of hydrogen-bond donors (Lipinski definition) is 12. The van der Waals surface area contributed by atoms with E-state index in [2.05, 4.69) is 16.0 Å². The Hall–Kier alpha value is -1.96. The number of aliphatic hydroxyl groups is 8. The first-order chi connectivity index (χ1) is 30.3. The monoisotopic (exact) mass is 980 g/mol. The predicted molar refractivity (Wildman–Crippen MR) is 244 cm³/mol. The molecule has 18 atom stereocenters. The van der Waals surface area contributed by atoms with Crippen LogP contribution in [0.4, 0.5) is 4.79 Å². The second kappa shape index (κ2) is 18.0. The van der Waals surface area contributed by atoms with E-state index < -0.39 is 123 Å². The second-order valence-electron chi connectivity index (χ2n) is 23.0. The van der Waals surface area contributed by atoms with Crippen LogP contribution in [-0.4, -0.2) is 201 Å². The van der Waals surface area contributed by atoms with E-state index in [9.17, 15) is 60.3 Å². The minimum absolute atomic E-state index is 0.00461. The molecule has 12 N–H and O–H groups in total. The summed E-state index contributed by atoms with van der Waals surface area (Å²) in [6.45, 7) is 17.5. The van der Waals surface area contributed by atoms with Gasteiger partial charge in [-0.25, -0.2) is 4.79 Å². The van der Waals surface area contributed by atoms with E-state index in [0.29, 0.717) is 12.8 Å². The number of ether oxygens (including phenoxy) is 5. The van der Waals surface area contributed by atoms with Crippen molar-refractivity contribution in [1.82, 2.24) is 16.0 Å². The molecule has 0 bridgehead atoms. The van der Waals surface area contributed by atoms with Crippen molar-refractivity contribution in [3.05, 3.63) is 0 Å². The van der Waals surface area contributed by atoms with E-state index in [1.807, 2.05) is 0 Å². The number of carbonyl (C=O) groups excluding carboxylic acids is 2. The van der Waals surface area contributed by atoms with Gasteiger partial charge in [-0.3, -0.25) is 9.59 Å². The average Bonchev–Trinajstić information content (AvgIpc) is 3.77. The Bertz CT molecular complexity index is 1870. The average molecular weight is 980 g/mol. The van der Waals surface area contributed by atoms with Gasteiger partial charge in [0.25, 0.3) is 0 Å². The number of carbonyl (C=O) groups is 3. The van der Waals surface area contributed by atoms with E-state index in [-0.39, 0.29) is 49.6 Å². The molecule has 0 spiro atoms. The Morgan fingerprint density at radius 3 is 1.90 bits per heavy atom. The lowest BCUT2D eigenvalue weighted by molar-refractivity contribution is -0.408. The van der Waals surface area contributed by atoms with Gasteiger partial charge in [0, 0.05) is 23.3 Å². The van der Waals surface area contributed by atoms with Gasteiger partial charge in [0.2, 0.25) is 5.91 Å². The van der Waals surface area contributed by atoms with Crippen molar-refractivity contribution in [2.75, 3.05) is 45.4 Å². The van der Waals surface area contributed by atoms with Crippen molar-refractivity contribution in [3.8, 4) is 0 Å². The number of nitrogens with one attached hydrogen (secondary N) is 3. The number of hydrogen-bond acceptors (Lipinski definition) is 17. The minimum atomic E-state index is -2.26. The van der Waals surface area contributed by atoms with Crippen LogP contribution in [0, 0.1) is 16.7 Å². The molecular formula is C46H81N3O17S.